The van der Waals surface area contributed by atoms with Crippen LogP contribution in [0.15, 0.2) is 24.3 Å². The van der Waals surface area contributed by atoms with Gasteiger partial charge < -0.3 is 14.4 Å². The van der Waals surface area contributed by atoms with Crippen molar-refractivity contribution in [1.82, 2.24) is 4.90 Å². The van der Waals surface area contributed by atoms with E-state index in [1.54, 1.807) is 0 Å². The molecule has 2 aliphatic heterocycles. The Balaban J connectivity index is 1.79. The number of benzene rings is 1. The zero-order chi connectivity index (χ0) is 15.0. The molecule has 2 atom stereocenters. The van der Waals surface area contributed by atoms with E-state index < -0.39 is 0 Å². The number of carbonyl (C=O) groups excluding carboxylic acids is 1. The molecule has 1 fully saturated rings. The van der Waals surface area contributed by atoms with E-state index in [2.05, 4.69) is 15.9 Å². The van der Waals surface area contributed by atoms with Gasteiger partial charge in [-0.1, -0.05) is 34.1 Å². The molecule has 0 saturated carbocycles. The molecule has 0 N–H and O–H groups in total. The van der Waals surface area contributed by atoms with Crippen molar-refractivity contribution in [3.05, 3.63) is 29.8 Å². The molecular formula is C16H20BrNO3. The summed E-state index contributed by atoms with van der Waals surface area (Å²) in [6.07, 6.45) is 0.0373. The zero-order valence-corrected chi connectivity index (χ0v) is 13.9. The Kier molecular flexibility index (Phi) is 3.97. The molecule has 2 heterocycles. The molecule has 5 heteroatoms. The Bertz CT molecular complexity index is 546. The van der Waals surface area contributed by atoms with Crippen LogP contribution >= 0.6 is 15.9 Å². The highest BCUT2D eigenvalue weighted by Gasteiger charge is 2.40. The summed E-state index contributed by atoms with van der Waals surface area (Å²) < 4.78 is 11.6. The summed E-state index contributed by atoms with van der Waals surface area (Å²) in [6, 6.07) is 7.80. The molecule has 0 aromatic heterocycles. The Labute approximate surface area is 133 Å². The summed E-state index contributed by atoms with van der Waals surface area (Å²) in [6.45, 7) is 5.75. The van der Waals surface area contributed by atoms with Gasteiger partial charge in [-0.3, -0.25) is 4.79 Å². The van der Waals surface area contributed by atoms with Crippen LogP contribution in [0, 0.1) is 0 Å². The fourth-order valence-corrected chi connectivity index (χ4v) is 3.47. The largest absolute Gasteiger partial charge is 0.492 e. The van der Waals surface area contributed by atoms with E-state index in [9.17, 15) is 4.79 Å². The van der Waals surface area contributed by atoms with Crippen LogP contribution < -0.4 is 4.74 Å². The van der Waals surface area contributed by atoms with Crippen LogP contribution in [0.3, 0.4) is 0 Å². The third kappa shape index (κ3) is 2.94. The van der Waals surface area contributed by atoms with Crippen molar-refractivity contribution < 1.29 is 14.3 Å². The number of amides is 1. The van der Waals surface area contributed by atoms with Crippen LogP contribution in [0.5, 0.6) is 5.75 Å². The SMILES string of the molecule is CC1(C)CN(C(=O)C2COc3ccccc32)CC(CBr)O1. The fraction of sp³-hybridized carbons (Fsp3) is 0.562. The second-order valence-corrected chi connectivity index (χ2v) is 6.92. The number of morpholine rings is 1. The van der Waals surface area contributed by atoms with E-state index >= 15 is 0 Å². The maximum atomic E-state index is 12.9. The first-order chi connectivity index (χ1) is 10.00. The number of hydrogen-bond acceptors (Lipinski definition) is 3. The third-order valence-corrected chi connectivity index (χ3v) is 4.69. The van der Waals surface area contributed by atoms with Crippen molar-refractivity contribution in [2.75, 3.05) is 25.0 Å². The maximum Gasteiger partial charge on any atom is 0.233 e. The third-order valence-electron chi connectivity index (χ3n) is 3.96. The molecule has 1 aromatic rings. The van der Waals surface area contributed by atoms with Gasteiger partial charge in [0.05, 0.1) is 11.7 Å². The van der Waals surface area contributed by atoms with E-state index in [0.717, 1.165) is 16.6 Å². The first-order valence-electron chi connectivity index (χ1n) is 7.24. The number of fused-ring (bicyclic) bond motifs is 1. The molecule has 0 aliphatic carbocycles. The van der Waals surface area contributed by atoms with Crippen LogP contribution in [-0.4, -0.2) is 47.5 Å². The van der Waals surface area contributed by atoms with Crippen LogP contribution in [0.1, 0.15) is 25.3 Å². The van der Waals surface area contributed by atoms with Gasteiger partial charge in [-0.2, -0.15) is 0 Å². The predicted octanol–water partition coefficient (Wildman–Crippen LogP) is 2.56. The number of ether oxygens (including phenoxy) is 2. The van der Waals surface area contributed by atoms with Crippen molar-refractivity contribution in [2.24, 2.45) is 0 Å². The minimum Gasteiger partial charge on any atom is -0.492 e. The first-order valence-corrected chi connectivity index (χ1v) is 8.36. The van der Waals surface area contributed by atoms with Gasteiger partial charge in [0.15, 0.2) is 0 Å². The van der Waals surface area contributed by atoms with Gasteiger partial charge in [-0.15, -0.1) is 0 Å². The molecule has 1 aromatic carbocycles. The van der Waals surface area contributed by atoms with Gasteiger partial charge in [-0.25, -0.2) is 0 Å². The average molecular weight is 354 g/mol. The maximum absolute atomic E-state index is 12.9. The lowest BCUT2D eigenvalue weighted by Crippen LogP contribution is -2.56. The van der Waals surface area contributed by atoms with Gasteiger partial charge in [0.2, 0.25) is 5.91 Å². The number of halogens is 1. The van der Waals surface area contributed by atoms with Crippen molar-refractivity contribution in [3.8, 4) is 5.75 Å². The molecule has 21 heavy (non-hydrogen) atoms. The summed E-state index contributed by atoms with van der Waals surface area (Å²) in [4.78, 5) is 14.8. The summed E-state index contributed by atoms with van der Waals surface area (Å²) in [5, 5.41) is 0.734. The molecule has 1 amide bonds. The number of hydrogen-bond donors (Lipinski definition) is 0. The minimum absolute atomic E-state index is 0.0373. The van der Waals surface area contributed by atoms with Crippen LogP contribution in [0.25, 0.3) is 0 Å². The number of carbonyl (C=O) groups is 1. The van der Waals surface area contributed by atoms with Crippen LogP contribution in [-0.2, 0) is 9.53 Å². The van der Waals surface area contributed by atoms with Gasteiger partial charge >= 0.3 is 0 Å². The highest BCUT2D eigenvalue weighted by Crippen LogP contribution is 2.35. The Hall–Kier alpha value is -1.07. The topological polar surface area (TPSA) is 38.8 Å². The van der Waals surface area contributed by atoms with Crippen molar-refractivity contribution in [3.63, 3.8) is 0 Å². The zero-order valence-electron chi connectivity index (χ0n) is 12.3. The first kappa shape index (κ1) is 14.9. The van der Waals surface area contributed by atoms with Crippen molar-refractivity contribution in [1.29, 1.82) is 0 Å². The van der Waals surface area contributed by atoms with E-state index in [4.69, 9.17) is 9.47 Å². The summed E-state index contributed by atoms with van der Waals surface area (Å²) in [5.74, 6) is 0.786. The summed E-state index contributed by atoms with van der Waals surface area (Å²) in [5.41, 5.74) is 0.688. The smallest absolute Gasteiger partial charge is 0.233 e. The highest BCUT2D eigenvalue weighted by atomic mass is 79.9. The number of nitrogens with zero attached hydrogens (tertiary/aromatic N) is 1. The predicted molar refractivity (Wildman–Crippen MR) is 84.0 cm³/mol. The van der Waals surface area contributed by atoms with Crippen LogP contribution in [0.4, 0.5) is 0 Å². The lowest BCUT2D eigenvalue weighted by atomic mass is 9.97. The lowest BCUT2D eigenvalue weighted by Gasteiger charge is -2.43. The van der Waals surface area contributed by atoms with Gasteiger partial charge in [0.25, 0.3) is 0 Å². The second kappa shape index (κ2) is 5.61. The molecule has 1 saturated heterocycles. The monoisotopic (exact) mass is 353 g/mol. The highest BCUT2D eigenvalue weighted by molar-refractivity contribution is 9.09. The van der Waals surface area contributed by atoms with E-state index in [1.165, 1.54) is 0 Å². The standard InChI is InChI=1S/C16H20BrNO3/c1-16(2)10-18(8-11(7-17)21-16)15(19)13-9-20-14-6-4-3-5-12(13)14/h3-6,11,13H,7-10H2,1-2H3. The Morgan fingerprint density at radius 2 is 2.19 bits per heavy atom. The van der Waals surface area contributed by atoms with Crippen LogP contribution in [0.2, 0.25) is 0 Å². The van der Waals surface area contributed by atoms with Gasteiger partial charge in [0.1, 0.15) is 18.3 Å². The molecule has 0 spiro atoms. The normalized spacial score (nSPS) is 27.1. The molecule has 2 unspecified atom stereocenters. The molecule has 0 radical (unpaired) electrons. The summed E-state index contributed by atoms with van der Waals surface area (Å²) in [7, 11) is 0. The lowest BCUT2D eigenvalue weighted by molar-refractivity contribution is -0.158. The van der Waals surface area contributed by atoms with E-state index in [1.807, 2.05) is 43.0 Å². The number of alkyl halides is 1. The minimum atomic E-state index is -0.314. The Morgan fingerprint density at radius 3 is 2.95 bits per heavy atom. The quantitative estimate of drug-likeness (QED) is 0.767. The average Bonchev–Trinajstić information content (AvgIpc) is 2.88. The molecule has 2 aliphatic rings. The van der Waals surface area contributed by atoms with E-state index in [0.29, 0.717) is 19.7 Å². The number of para-hydroxylation sites is 1. The van der Waals surface area contributed by atoms with Crippen molar-refractivity contribution in [2.45, 2.75) is 31.5 Å². The van der Waals surface area contributed by atoms with Gasteiger partial charge in [0, 0.05) is 24.0 Å². The summed E-state index contributed by atoms with van der Waals surface area (Å²) >= 11 is 3.46. The number of rotatable bonds is 2. The molecular weight excluding hydrogens is 334 g/mol. The molecule has 0 bridgehead atoms. The molecule has 4 nitrogen and oxygen atoms in total. The van der Waals surface area contributed by atoms with Gasteiger partial charge in [-0.05, 0) is 19.9 Å². The fourth-order valence-electron chi connectivity index (χ4n) is 3.13. The molecule has 114 valence electrons. The Morgan fingerprint density at radius 1 is 1.43 bits per heavy atom. The van der Waals surface area contributed by atoms with Crippen molar-refractivity contribution >= 4 is 21.8 Å². The second-order valence-electron chi connectivity index (χ2n) is 6.27. The van der Waals surface area contributed by atoms with E-state index in [-0.39, 0.29) is 23.5 Å². The molecule has 3 rings (SSSR count).